The van der Waals surface area contributed by atoms with Crippen LogP contribution >= 0.6 is 0 Å². The third-order valence-corrected chi connectivity index (χ3v) is 6.28. The molecule has 1 saturated heterocycles. The molecule has 1 fully saturated rings. The molecule has 9 heteroatoms. The molecule has 1 N–H and O–H groups in total. The lowest BCUT2D eigenvalue weighted by atomic mass is 9.96. The van der Waals surface area contributed by atoms with Gasteiger partial charge in [-0.2, -0.15) is 9.40 Å². The van der Waals surface area contributed by atoms with Crippen molar-refractivity contribution in [1.82, 2.24) is 14.5 Å². The van der Waals surface area contributed by atoms with Crippen LogP contribution in [0.1, 0.15) is 24.5 Å². The van der Waals surface area contributed by atoms with Crippen LogP contribution in [0, 0.1) is 5.82 Å². The van der Waals surface area contributed by atoms with Crippen LogP contribution in [-0.4, -0.2) is 50.2 Å². The predicted molar refractivity (Wildman–Crippen MR) is 88.8 cm³/mol. The van der Waals surface area contributed by atoms with Crippen molar-refractivity contribution in [2.75, 3.05) is 27.3 Å². The minimum absolute atomic E-state index is 0.00855. The lowest BCUT2D eigenvalue weighted by molar-refractivity contribution is 0.310. The number of piperidine rings is 1. The van der Waals surface area contributed by atoms with Crippen molar-refractivity contribution in [2.45, 2.75) is 23.7 Å². The van der Waals surface area contributed by atoms with E-state index in [4.69, 9.17) is 9.47 Å². The van der Waals surface area contributed by atoms with Crippen LogP contribution in [0.5, 0.6) is 11.5 Å². The fraction of sp³-hybridized carbons (Fsp3) is 0.438. The van der Waals surface area contributed by atoms with Gasteiger partial charge < -0.3 is 9.47 Å². The molecular formula is C16H20FN3O4S. The van der Waals surface area contributed by atoms with Crippen molar-refractivity contribution < 1.29 is 22.3 Å². The number of sulfonamides is 1. The van der Waals surface area contributed by atoms with Gasteiger partial charge in [0.1, 0.15) is 10.7 Å². The molecule has 2 heterocycles. The lowest BCUT2D eigenvalue weighted by Gasteiger charge is -2.31. The zero-order valence-electron chi connectivity index (χ0n) is 14.0. The minimum atomic E-state index is -3.99. The number of hydrogen-bond acceptors (Lipinski definition) is 5. The van der Waals surface area contributed by atoms with Gasteiger partial charge >= 0.3 is 0 Å². The standard InChI is InChI=1S/C16H20FN3O4S/c1-23-14-8-12(17)16(9-15(14)24-2)25(21,22)20-7-3-4-11(10-20)13-5-6-18-19-13/h5-6,8-9,11H,3-4,7,10H2,1-2H3,(H,18,19)/t11-/m0/s1. The van der Waals surface area contributed by atoms with Crippen molar-refractivity contribution >= 4 is 10.0 Å². The van der Waals surface area contributed by atoms with Gasteiger partial charge in [-0.15, -0.1) is 0 Å². The quantitative estimate of drug-likeness (QED) is 0.873. The van der Waals surface area contributed by atoms with E-state index in [0.29, 0.717) is 13.0 Å². The Morgan fingerprint density at radius 3 is 2.64 bits per heavy atom. The van der Waals surface area contributed by atoms with Crippen molar-refractivity contribution in [3.8, 4) is 11.5 Å². The molecule has 0 spiro atoms. The van der Waals surface area contributed by atoms with Gasteiger partial charge in [0.2, 0.25) is 10.0 Å². The summed E-state index contributed by atoms with van der Waals surface area (Å²) in [5.74, 6) is -0.534. The third kappa shape index (κ3) is 3.34. The molecule has 1 aromatic heterocycles. The van der Waals surface area contributed by atoms with Gasteiger partial charge in [-0.1, -0.05) is 0 Å². The van der Waals surface area contributed by atoms with E-state index in [2.05, 4.69) is 10.2 Å². The first kappa shape index (κ1) is 17.7. The van der Waals surface area contributed by atoms with E-state index in [9.17, 15) is 12.8 Å². The van der Waals surface area contributed by atoms with Crippen molar-refractivity contribution in [3.63, 3.8) is 0 Å². The predicted octanol–water partition coefficient (Wildman–Crippen LogP) is 2.13. The molecule has 1 aliphatic rings. The van der Waals surface area contributed by atoms with Gasteiger partial charge in [0.25, 0.3) is 0 Å². The average Bonchev–Trinajstić information content (AvgIpc) is 3.16. The number of nitrogens with zero attached hydrogens (tertiary/aromatic N) is 2. The molecule has 0 unspecified atom stereocenters. The highest BCUT2D eigenvalue weighted by Crippen LogP contribution is 2.35. The summed E-state index contributed by atoms with van der Waals surface area (Å²) in [7, 11) is -1.24. The summed E-state index contributed by atoms with van der Waals surface area (Å²) in [6.07, 6.45) is 3.18. The Hall–Kier alpha value is -2.13. The molecular weight excluding hydrogens is 349 g/mol. The minimum Gasteiger partial charge on any atom is -0.493 e. The summed E-state index contributed by atoms with van der Waals surface area (Å²) in [5.41, 5.74) is 0.882. The average molecular weight is 369 g/mol. The molecule has 0 saturated carbocycles. The number of halogens is 1. The molecule has 0 amide bonds. The summed E-state index contributed by atoms with van der Waals surface area (Å²) in [6.45, 7) is 0.624. The zero-order chi connectivity index (χ0) is 18.0. The second kappa shape index (κ2) is 7.01. The van der Waals surface area contributed by atoms with E-state index in [1.54, 1.807) is 6.20 Å². The monoisotopic (exact) mass is 369 g/mol. The number of aromatic amines is 1. The Morgan fingerprint density at radius 2 is 2.00 bits per heavy atom. The van der Waals surface area contributed by atoms with Gasteiger partial charge in [-0.3, -0.25) is 5.10 Å². The number of methoxy groups -OCH3 is 2. The van der Waals surface area contributed by atoms with E-state index in [0.717, 1.165) is 18.2 Å². The second-order valence-electron chi connectivity index (χ2n) is 5.85. The first-order valence-corrected chi connectivity index (χ1v) is 9.32. The number of benzene rings is 1. The molecule has 1 aromatic carbocycles. The molecule has 1 aliphatic heterocycles. The van der Waals surface area contributed by atoms with Crippen LogP contribution in [0.25, 0.3) is 0 Å². The first-order chi connectivity index (χ1) is 12.0. The summed E-state index contributed by atoms with van der Waals surface area (Å²) >= 11 is 0. The first-order valence-electron chi connectivity index (χ1n) is 7.88. The molecule has 25 heavy (non-hydrogen) atoms. The van der Waals surface area contributed by atoms with Crippen LogP contribution in [0.4, 0.5) is 4.39 Å². The summed E-state index contributed by atoms with van der Waals surface area (Å²) in [6, 6.07) is 4.03. The summed E-state index contributed by atoms with van der Waals surface area (Å²) in [4.78, 5) is -0.407. The van der Waals surface area contributed by atoms with Crippen molar-refractivity contribution in [3.05, 3.63) is 35.9 Å². The Kier molecular flexibility index (Phi) is 4.96. The van der Waals surface area contributed by atoms with Crippen LogP contribution in [0.15, 0.2) is 29.3 Å². The Bertz CT molecular complexity index is 839. The van der Waals surface area contributed by atoms with Crippen LogP contribution in [0.2, 0.25) is 0 Å². The maximum absolute atomic E-state index is 14.4. The summed E-state index contributed by atoms with van der Waals surface area (Å²) < 4.78 is 51.8. The number of aromatic nitrogens is 2. The van der Waals surface area contributed by atoms with E-state index in [1.807, 2.05) is 6.07 Å². The fourth-order valence-corrected chi connectivity index (χ4v) is 4.67. The normalized spacial score (nSPS) is 18.9. The van der Waals surface area contributed by atoms with Crippen molar-refractivity contribution in [1.29, 1.82) is 0 Å². The molecule has 1 atom stereocenters. The number of H-pyrrole nitrogens is 1. The Balaban J connectivity index is 1.93. The van der Waals surface area contributed by atoms with E-state index >= 15 is 0 Å². The topological polar surface area (TPSA) is 84.5 Å². The molecule has 2 aromatic rings. The lowest BCUT2D eigenvalue weighted by Crippen LogP contribution is -2.39. The Morgan fingerprint density at radius 1 is 1.28 bits per heavy atom. The SMILES string of the molecule is COc1cc(F)c(S(=O)(=O)N2CCC[C@H](c3ccn[nH]3)C2)cc1OC. The highest BCUT2D eigenvalue weighted by Gasteiger charge is 2.34. The third-order valence-electron chi connectivity index (χ3n) is 4.40. The number of nitrogens with one attached hydrogen (secondary N) is 1. The van der Waals surface area contributed by atoms with Gasteiger partial charge in [-0.05, 0) is 18.9 Å². The second-order valence-corrected chi connectivity index (χ2v) is 7.76. The van der Waals surface area contributed by atoms with Gasteiger partial charge in [0.05, 0.1) is 14.2 Å². The maximum Gasteiger partial charge on any atom is 0.246 e. The largest absolute Gasteiger partial charge is 0.493 e. The number of ether oxygens (including phenoxy) is 2. The molecule has 7 nitrogen and oxygen atoms in total. The highest BCUT2D eigenvalue weighted by molar-refractivity contribution is 7.89. The van der Waals surface area contributed by atoms with E-state index in [-0.39, 0.29) is 24.0 Å². The van der Waals surface area contributed by atoms with Crippen LogP contribution in [-0.2, 0) is 10.0 Å². The smallest absolute Gasteiger partial charge is 0.246 e. The summed E-state index contributed by atoms with van der Waals surface area (Å²) in [5, 5.41) is 6.80. The molecule has 3 rings (SSSR count). The van der Waals surface area contributed by atoms with Gasteiger partial charge in [0.15, 0.2) is 11.5 Å². The number of hydrogen-bond donors (Lipinski definition) is 1. The van der Waals surface area contributed by atoms with Crippen molar-refractivity contribution in [2.24, 2.45) is 0 Å². The molecule has 0 aliphatic carbocycles. The Labute approximate surface area is 145 Å². The number of rotatable bonds is 5. The van der Waals surface area contributed by atoms with E-state index in [1.165, 1.54) is 24.6 Å². The van der Waals surface area contributed by atoms with Gasteiger partial charge in [0, 0.05) is 43.0 Å². The van der Waals surface area contributed by atoms with E-state index < -0.39 is 20.7 Å². The fourth-order valence-electron chi connectivity index (χ4n) is 3.08. The molecule has 136 valence electrons. The van der Waals surface area contributed by atoms with Crippen LogP contribution < -0.4 is 9.47 Å². The van der Waals surface area contributed by atoms with Crippen LogP contribution in [0.3, 0.4) is 0 Å². The molecule has 0 bridgehead atoms. The highest BCUT2D eigenvalue weighted by atomic mass is 32.2. The van der Waals surface area contributed by atoms with Gasteiger partial charge in [-0.25, -0.2) is 12.8 Å². The zero-order valence-corrected chi connectivity index (χ0v) is 14.8. The maximum atomic E-state index is 14.4. The molecule has 0 radical (unpaired) electrons.